The molecule has 0 aliphatic carbocycles. The highest BCUT2D eigenvalue weighted by Crippen LogP contribution is 2.14. The van der Waals surface area contributed by atoms with E-state index in [1.54, 1.807) is 13.5 Å². The number of unbranched alkanes of at least 4 members (excludes halogenated alkanes) is 16. The third-order valence-corrected chi connectivity index (χ3v) is 4.61. The number of carbonyl (C=O) groups excluding carboxylic acids is 1. The van der Waals surface area contributed by atoms with Gasteiger partial charge >= 0.3 is 5.97 Å². The Balaban J connectivity index is 3.05. The lowest BCUT2D eigenvalue weighted by Gasteiger charge is -2.04. The van der Waals surface area contributed by atoms with Crippen molar-refractivity contribution < 1.29 is 9.53 Å². The second kappa shape index (κ2) is 19.5. The van der Waals surface area contributed by atoms with Gasteiger partial charge < -0.3 is 4.74 Å². The molecule has 0 aromatic carbocycles. The van der Waals surface area contributed by atoms with Crippen LogP contribution in [0.25, 0.3) is 0 Å². The van der Waals surface area contributed by atoms with Crippen molar-refractivity contribution in [2.24, 2.45) is 0 Å². The van der Waals surface area contributed by atoms with Crippen LogP contribution >= 0.6 is 0 Å². The molecule has 0 aliphatic heterocycles. The Morgan fingerprint density at radius 3 is 1.44 bits per heavy atom. The third kappa shape index (κ3) is 19.4. The zero-order valence-corrected chi connectivity index (χ0v) is 16.8. The quantitative estimate of drug-likeness (QED) is 0.135. The maximum absolute atomic E-state index is 11.2. The first-order chi connectivity index (χ1) is 12.2. The van der Waals surface area contributed by atoms with Gasteiger partial charge in [-0.05, 0) is 19.8 Å². The summed E-state index contributed by atoms with van der Waals surface area (Å²) in [4.78, 5) is 11.2. The van der Waals surface area contributed by atoms with Gasteiger partial charge in [0.15, 0.2) is 0 Å². The fraction of sp³-hybridized carbons (Fsp3) is 0.783. The molecule has 146 valence electrons. The van der Waals surface area contributed by atoms with Crippen LogP contribution in [-0.4, -0.2) is 5.97 Å². The molecule has 0 atom stereocenters. The van der Waals surface area contributed by atoms with Crippen molar-refractivity contribution in [2.75, 3.05) is 0 Å². The molecule has 0 aromatic heterocycles. The van der Waals surface area contributed by atoms with Gasteiger partial charge in [0.05, 0.1) is 0 Å². The van der Waals surface area contributed by atoms with Crippen molar-refractivity contribution in [3.8, 4) is 0 Å². The molecule has 0 saturated heterocycles. The molecular formula is C23H42O2. The molecule has 0 spiro atoms. The van der Waals surface area contributed by atoms with E-state index >= 15 is 0 Å². The highest BCUT2D eigenvalue weighted by Gasteiger charge is 2.02. The fourth-order valence-corrected chi connectivity index (χ4v) is 2.94. The number of esters is 1. The van der Waals surface area contributed by atoms with E-state index in [2.05, 4.69) is 13.5 Å². The Morgan fingerprint density at radius 1 is 0.720 bits per heavy atom. The molecule has 0 amide bonds. The minimum Gasteiger partial charge on any atom is -0.455 e. The molecular weight excluding hydrogens is 308 g/mol. The average molecular weight is 351 g/mol. The Kier molecular flexibility index (Phi) is 18.9. The molecule has 0 heterocycles. The summed E-state index contributed by atoms with van der Waals surface area (Å²) in [5, 5.41) is 0. The summed E-state index contributed by atoms with van der Waals surface area (Å²) in [6, 6.07) is 0. The Labute approximate surface area is 157 Å². The number of carbonyl (C=O) groups is 1. The average Bonchev–Trinajstić information content (AvgIpc) is 2.60. The van der Waals surface area contributed by atoms with Gasteiger partial charge in [-0.15, -0.1) is 0 Å². The summed E-state index contributed by atoms with van der Waals surface area (Å²) in [5.41, 5.74) is 0.459. The largest absolute Gasteiger partial charge is 0.455 e. The van der Waals surface area contributed by atoms with E-state index in [0.29, 0.717) is 5.57 Å². The van der Waals surface area contributed by atoms with E-state index < -0.39 is 0 Å². The zero-order valence-electron chi connectivity index (χ0n) is 16.8. The number of rotatable bonds is 19. The minimum atomic E-state index is -0.311. The van der Waals surface area contributed by atoms with Crippen LogP contribution in [0, 0.1) is 13.5 Å². The lowest BCUT2D eigenvalue weighted by molar-refractivity contribution is -0.135. The van der Waals surface area contributed by atoms with Crippen molar-refractivity contribution >= 4 is 5.97 Å². The molecule has 2 nitrogen and oxygen atoms in total. The Bertz CT molecular complexity index is 309. The third-order valence-electron chi connectivity index (χ3n) is 4.61. The van der Waals surface area contributed by atoms with Crippen LogP contribution in [0.3, 0.4) is 0 Å². The summed E-state index contributed by atoms with van der Waals surface area (Å²) in [6.45, 7) is 10.7. The van der Waals surface area contributed by atoms with Gasteiger partial charge in [0, 0.05) is 5.57 Å². The van der Waals surface area contributed by atoms with E-state index in [1.165, 1.54) is 89.9 Å². The second-order valence-corrected chi connectivity index (χ2v) is 7.30. The lowest BCUT2D eigenvalue weighted by Crippen LogP contribution is -2.02. The summed E-state index contributed by atoms with van der Waals surface area (Å²) < 4.78 is 4.96. The normalized spacial score (nSPS) is 10.8. The molecule has 0 bridgehead atoms. The van der Waals surface area contributed by atoms with E-state index in [9.17, 15) is 4.79 Å². The van der Waals surface area contributed by atoms with Crippen LogP contribution in [0.15, 0.2) is 12.2 Å². The van der Waals surface area contributed by atoms with Crippen molar-refractivity contribution in [2.45, 2.75) is 116 Å². The molecule has 0 N–H and O–H groups in total. The van der Waals surface area contributed by atoms with Crippen LogP contribution < -0.4 is 0 Å². The number of ether oxygens (including phenoxy) is 1. The van der Waals surface area contributed by atoms with Gasteiger partial charge in [-0.1, -0.05) is 110 Å². The fourth-order valence-electron chi connectivity index (χ4n) is 2.94. The summed E-state index contributed by atoms with van der Waals surface area (Å²) >= 11 is 0. The van der Waals surface area contributed by atoms with E-state index in [1.807, 2.05) is 0 Å². The van der Waals surface area contributed by atoms with E-state index in [0.717, 1.165) is 19.3 Å². The van der Waals surface area contributed by atoms with Crippen LogP contribution in [0.1, 0.15) is 116 Å². The Hall–Kier alpha value is -0.790. The van der Waals surface area contributed by atoms with Crippen molar-refractivity contribution in [3.05, 3.63) is 25.7 Å². The highest BCUT2D eigenvalue weighted by molar-refractivity contribution is 5.87. The van der Waals surface area contributed by atoms with Crippen molar-refractivity contribution in [1.82, 2.24) is 0 Å². The molecule has 2 radical (unpaired) electrons. The van der Waals surface area contributed by atoms with Gasteiger partial charge in [0.25, 0.3) is 0 Å². The van der Waals surface area contributed by atoms with Gasteiger partial charge in [-0.2, -0.15) is 0 Å². The van der Waals surface area contributed by atoms with Crippen LogP contribution in [-0.2, 0) is 9.53 Å². The topological polar surface area (TPSA) is 26.3 Å². The zero-order chi connectivity index (χ0) is 18.6. The number of hydrogen-bond donors (Lipinski definition) is 0. The van der Waals surface area contributed by atoms with Gasteiger partial charge in [0.2, 0.25) is 0 Å². The van der Waals surface area contributed by atoms with E-state index in [-0.39, 0.29) is 5.97 Å². The Morgan fingerprint density at radius 2 is 1.08 bits per heavy atom. The second-order valence-electron chi connectivity index (χ2n) is 7.30. The molecule has 0 fully saturated rings. The monoisotopic (exact) mass is 350 g/mol. The predicted octanol–water partition coefficient (Wildman–Crippen LogP) is 7.73. The lowest BCUT2D eigenvalue weighted by atomic mass is 10.0. The molecule has 0 aliphatic rings. The van der Waals surface area contributed by atoms with Crippen molar-refractivity contribution in [1.29, 1.82) is 0 Å². The highest BCUT2D eigenvalue weighted by atomic mass is 16.5. The standard InChI is InChI=1S/C23H42O2/c1-4-5-6-7-8-9-10-11-12-13-14-15-16-17-18-19-20-21-25-23(24)22(2)3/h21H,1-2,4-20H2,3H3. The van der Waals surface area contributed by atoms with Crippen molar-refractivity contribution in [3.63, 3.8) is 0 Å². The van der Waals surface area contributed by atoms with Crippen LogP contribution in [0.2, 0.25) is 0 Å². The molecule has 0 unspecified atom stereocenters. The van der Waals surface area contributed by atoms with Crippen LogP contribution in [0.5, 0.6) is 0 Å². The first kappa shape index (κ1) is 24.2. The molecule has 0 aromatic rings. The molecule has 0 rings (SSSR count). The minimum absolute atomic E-state index is 0.311. The maximum Gasteiger partial charge on any atom is 0.333 e. The SMILES string of the molecule is [CH2]CCCCCCCCCCCCCCCCC[CH]OC(=O)C(=C)C. The molecule has 2 heteroatoms. The summed E-state index contributed by atoms with van der Waals surface area (Å²) in [7, 11) is 0. The van der Waals surface area contributed by atoms with Gasteiger partial charge in [-0.3, -0.25) is 0 Å². The first-order valence-corrected chi connectivity index (χ1v) is 10.7. The molecule has 25 heavy (non-hydrogen) atoms. The summed E-state index contributed by atoms with van der Waals surface area (Å²) in [6.07, 6.45) is 22.3. The predicted molar refractivity (Wildman–Crippen MR) is 109 cm³/mol. The summed E-state index contributed by atoms with van der Waals surface area (Å²) in [5.74, 6) is -0.311. The smallest absolute Gasteiger partial charge is 0.333 e. The van der Waals surface area contributed by atoms with E-state index in [4.69, 9.17) is 4.74 Å². The van der Waals surface area contributed by atoms with Crippen LogP contribution in [0.4, 0.5) is 0 Å². The maximum atomic E-state index is 11.2. The van der Waals surface area contributed by atoms with Gasteiger partial charge in [-0.25, -0.2) is 4.79 Å². The van der Waals surface area contributed by atoms with Gasteiger partial charge in [0.1, 0.15) is 6.61 Å². The molecule has 0 saturated carbocycles. The first-order valence-electron chi connectivity index (χ1n) is 10.7. The number of hydrogen-bond acceptors (Lipinski definition) is 2.